The van der Waals surface area contributed by atoms with Gasteiger partial charge in [-0.3, -0.25) is 4.99 Å². The number of aliphatic imine (C=N–C) groups is 1. The molecule has 1 aromatic rings. The van der Waals surface area contributed by atoms with Crippen molar-refractivity contribution < 1.29 is 17.6 Å². The van der Waals surface area contributed by atoms with E-state index in [9.17, 15) is 17.6 Å². The molecule has 26 heavy (non-hydrogen) atoms. The van der Waals surface area contributed by atoms with Crippen molar-refractivity contribution in [3.63, 3.8) is 0 Å². The first-order valence-electron chi connectivity index (χ1n) is 8.86. The van der Waals surface area contributed by atoms with E-state index in [1.807, 2.05) is 0 Å². The van der Waals surface area contributed by atoms with Gasteiger partial charge in [0.15, 0.2) is 5.96 Å². The third-order valence-electron chi connectivity index (χ3n) is 4.52. The number of guanidine groups is 1. The summed E-state index contributed by atoms with van der Waals surface area (Å²) in [7, 11) is 1.57. The molecule has 1 saturated heterocycles. The van der Waals surface area contributed by atoms with E-state index in [2.05, 4.69) is 27.4 Å². The van der Waals surface area contributed by atoms with Crippen molar-refractivity contribution in [1.82, 2.24) is 15.5 Å². The van der Waals surface area contributed by atoms with Crippen LogP contribution < -0.4 is 10.6 Å². The molecule has 0 bridgehead atoms. The van der Waals surface area contributed by atoms with E-state index in [1.54, 1.807) is 7.05 Å². The Morgan fingerprint density at radius 3 is 2.73 bits per heavy atom. The van der Waals surface area contributed by atoms with E-state index < -0.39 is 17.6 Å². The fourth-order valence-electron chi connectivity index (χ4n) is 3.21. The number of likely N-dealkylation sites (tertiary alicyclic amines) is 1. The second kappa shape index (κ2) is 9.21. The summed E-state index contributed by atoms with van der Waals surface area (Å²) < 4.78 is 52.3. The molecule has 1 aliphatic heterocycles. The lowest BCUT2D eigenvalue weighted by Crippen LogP contribution is -2.40. The lowest BCUT2D eigenvalue weighted by Gasteiger charge is -2.18. The van der Waals surface area contributed by atoms with Gasteiger partial charge in [0.25, 0.3) is 0 Å². The van der Waals surface area contributed by atoms with Gasteiger partial charge in [-0.1, -0.05) is 13.0 Å². The van der Waals surface area contributed by atoms with Crippen LogP contribution in [0.4, 0.5) is 17.6 Å². The smallest absolute Gasteiger partial charge is 0.356 e. The highest BCUT2D eigenvalue weighted by atomic mass is 19.4. The van der Waals surface area contributed by atoms with Gasteiger partial charge in [-0.25, -0.2) is 4.39 Å². The summed E-state index contributed by atoms with van der Waals surface area (Å²) in [5, 5.41) is 6.05. The molecule has 0 saturated carbocycles. The van der Waals surface area contributed by atoms with E-state index in [4.69, 9.17) is 0 Å². The van der Waals surface area contributed by atoms with Gasteiger partial charge in [-0.15, -0.1) is 0 Å². The van der Waals surface area contributed by atoms with Crippen LogP contribution in [0.1, 0.15) is 30.9 Å². The first-order valence-corrected chi connectivity index (χ1v) is 8.86. The molecule has 0 aliphatic carbocycles. The lowest BCUT2D eigenvalue weighted by atomic mass is 10.1. The zero-order valence-corrected chi connectivity index (χ0v) is 15.2. The van der Waals surface area contributed by atoms with E-state index in [0.29, 0.717) is 17.9 Å². The normalized spacial score (nSPS) is 19.0. The zero-order chi connectivity index (χ0) is 19.2. The molecule has 146 valence electrons. The Balaban J connectivity index is 1.88. The van der Waals surface area contributed by atoms with Crippen molar-refractivity contribution in [1.29, 1.82) is 0 Å². The Kier molecular flexibility index (Phi) is 7.25. The van der Waals surface area contributed by atoms with Gasteiger partial charge >= 0.3 is 6.18 Å². The third kappa shape index (κ3) is 5.86. The Bertz CT molecular complexity index is 616. The first kappa shape index (κ1) is 20.5. The van der Waals surface area contributed by atoms with Crippen LogP contribution in [0.25, 0.3) is 0 Å². The maximum atomic E-state index is 13.2. The minimum atomic E-state index is -4.59. The summed E-state index contributed by atoms with van der Waals surface area (Å²) in [6, 6.07) is 2.70. The van der Waals surface area contributed by atoms with E-state index >= 15 is 0 Å². The highest BCUT2D eigenvalue weighted by Gasteiger charge is 2.33. The van der Waals surface area contributed by atoms with E-state index in [1.165, 1.54) is 0 Å². The molecule has 0 aromatic heterocycles. The Morgan fingerprint density at radius 1 is 1.31 bits per heavy atom. The predicted molar refractivity (Wildman–Crippen MR) is 94.4 cm³/mol. The second-order valence-corrected chi connectivity index (χ2v) is 6.56. The zero-order valence-electron chi connectivity index (χ0n) is 15.2. The van der Waals surface area contributed by atoms with Crippen LogP contribution in [0.2, 0.25) is 0 Å². The fraction of sp³-hybridized carbons (Fsp3) is 0.611. The third-order valence-corrected chi connectivity index (χ3v) is 4.52. The molecule has 1 aromatic carbocycles. The molecule has 2 N–H and O–H groups in total. The minimum absolute atomic E-state index is 0.0168. The summed E-state index contributed by atoms with van der Waals surface area (Å²) >= 11 is 0. The van der Waals surface area contributed by atoms with Crippen molar-refractivity contribution in [2.45, 2.75) is 32.5 Å². The fourth-order valence-corrected chi connectivity index (χ4v) is 3.21. The second-order valence-electron chi connectivity index (χ2n) is 6.56. The topological polar surface area (TPSA) is 39.7 Å². The number of alkyl halides is 3. The molecular formula is C18H26F4N4. The molecule has 0 spiro atoms. The first-order chi connectivity index (χ1) is 12.3. The molecule has 1 atom stereocenters. The molecule has 1 fully saturated rings. The number of halogens is 4. The number of rotatable bonds is 6. The molecule has 4 nitrogen and oxygen atoms in total. The van der Waals surface area contributed by atoms with Gasteiger partial charge in [0, 0.05) is 26.7 Å². The standard InChI is InChI=1S/C18H26F4N4/c1-3-7-26-8-6-13(12-26)10-24-17(23-2)25-11-14-4-5-15(19)9-16(14)18(20,21)22/h4-5,9,13H,3,6-8,10-12H2,1-2H3,(H2,23,24,25). The number of hydrogen-bond donors (Lipinski definition) is 2. The predicted octanol–water partition coefficient (Wildman–Crippen LogP) is 3.24. The summed E-state index contributed by atoms with van der Waals surface area (Å²) in [6.07, 6.45) is -2.37. The largest absolute Gasteiger partial charge is 0.416 e. The molecule has 2 rings (SSSR count). The quantitative estimate of drug-likeness (QED) is 0.456. The maximum absolute atomic E-state index is 13.2. The summed E-state index contributed by atoms with van der Waals surface area (Å²) in [6.45, 7) is 5.98. The average Bonchev–Trinajstić information content (AvgIpc) is 3.03. The number of benzene rings is 1. The van der Waals surface area contributed by atoms with Crippen LogP contribution in [0.5, 0.6) is 0 Å². The summed E-state index contributed by atoms with van der Waals surface area (Å²) in [4.78, 5) is 6.47. The Morgan fingerprint density at radius 2 is 2.08 bits per heavy atom. The van der Waals surface area contributed by atoms with Gasteiger partial charge in [0.05, 0.1) is 5.56 Å². The minimum Gasteiger partial charge on any atom is -0.356 e. The van der Waals surface area contributed by atoms with Crippen LogP contribution in [-0.2, 0) is 12.7 Å². The van der Waals surface area contributed by atoms with Gasteiger partial charge in [-0.05, 0) is 49.5 Å². The lowest BCUT2D eigenvalue weighted by molar-refractivity contribution is -0.138. The summed E-state index contributed by atoms with van der Waals surface area (Å²) in [5.74, 6) is 0.0366. The van der Waals surface area contributed by atoms with Crippen LogP contribution in [0.15, 0.2) is 23.2 Å². The average molecular weight is 374 g/mol. The maximum Gasteiger partial charge on any atom is 0.416 e. The molecular weight excluding hydrogens is 348 g/mol. The van der Waals surface area contributed by atoms with E-state index in [-0.39, 0.29) is 12.1 Å². The highest BCUT2D eigenvalue weighted by Crippen LogP contribution is 2.32. The van der Waals surface area contributed by atoms with Gasteiger partial charge in [0.2, 0.25) is 0 Å². The van der Waals surface area contributed by atoms with Gasteiger partial charge in [-0.2, -0.15) is 13.2 Å². The van der Waals surface area contributed by atoms with E-state index in [0.717, 1.165) is 51.2 Å². The molecule has 1 unspecified atom stereocenters. The molecule has 0 amide bonds. The SMILES string of the molecule is CCCN1CCC(CNC(=NC)NCc2ccc(F)cc2C(F)(F)F)C1. The molecule has 1 heterocycles. The number of nitrogens with zero attached hydrogens (tertiary/aromatic N) is 2. The Hall–Kier alpha value is -1.83. The number of hydrogen-bond acceptors (Lipinski definition) is 2. The van der Waals surface area contributed by atoms with Crippen molar-refractivity contribution in [2.75, 3.05) is 33.2 Å². The van der Waals surface area contributed by atoms with Crippen LogP contribution in [0.3, 0.4) is 0 Å². The van der Waals surface area contributed by atoms with Crippen LogP contribution in [-0.4, -0.2) is 44.1 Å². The molecule has 8 heteroatoms. The van der Waals surface area contributed by atoms with Crippen molar-refractivity contribution >= 4 is 5.96 Å². The van der Waals surface area contributed by atoms with Crippen LogP contribution >= 0.6 is 0 Å². The van der Waals surface area contributed by atoms with Crippen molar-refractivity contribution in [3.8, 4) is 0 Å². The highest BCUT2D eigenvalue weighted by molar-refractivity contribution is 5.79. The molecule has 0 radical (unpaired) electrons. The molecule has 1 aliphatic rings. The number of nitrogens with one attached hydrogen (secondary N) is 2. The Labute approximate surface area is 151 Å². The van der Waals surface area contributed by atoms with Crippen molar-refractivity contribution in [3.05, 3.63) is 35.1 Å². The summed E-state index contributed by atoms with van der Waals surface area (Å²) in [5.41, 5.74) is -0.983. The van der Waals surface area contributed by atoms with Gasteiger partial charge < -0.3 is 15.5 Å². The van der Waals surface area contributed by atoms with Crippen LogP contribution in [0, 0.1) is 11.7 Å². The monoisotopic (exact) mass is 374 g/mol. The van der Waals surface area contributed by atoms with Gasteiger partial charge in [0.1, 0.15) is 5.82 Å². The van der Waals surface area contributed by atoms with Crippen molar-refractivity contribution in [2.24, 2.45) is 10.9 Å².